The first-order valence-electron chi connectivity index (χ1n) is 4.98. The number of aryl methyl sites for hydroxylation is 2. The number of hydrogen-bond acceptors (Lipinski definition) is 3. The lowest BCUT2D eigenvalue weighted by molar-refractivity contribution is 0.619. The fraction of sp³-hybridized carbons (Fsp3) is 0.273. The van der Waals surface area contributed by atoms with Crippen LogP contribution >= 0.6 is 0 Å². The molecule has 0 aromatic carbocycles. The van der Waals surface area contributed by atoms with E-state index in [2.05, 4.69) is 15.4 Å². The maximum atomic E-state index is 12.9. The molecule has 16 heavy (non-hydrogen) atoms. The van der Waals surface area contributed by atoms with E-state index in [0.29, 0.717) is 6.54 Å². The molecule has 1 N–H and O–H groups in total. The molecular formula is C11H13FN4. The van der Waals surface area contributed by atoms with Gasteiger partial charge in [0, 0.05) is 26.0 Å². The molecule has 2 aromatic heterocycles. The van der Waals surface area contributed by atoms with Gasteiger partial charge in [0.1, 0.15) is 5.82 Å². The fourth-order valence-corrected chi connectivity index (χ4v) is 1.52. The van der Waals surface area contributed by atoms with Gasteiger partial charge in [-0.3, -0.25) is 9.67 Å². The standard InChI is InChI=1S/C11H13FN4/c1-8-11(7-16(2)15-8)14-5-9-3-10(12)6-13-4-9/h3-4,6-7,14H,5H2,1-2H3. The van der Waals surface area contributed by atoms with Crippen molar-refractivity contribution in [1.82, 2.24) is 14.8 Å². The fourth-order valence-electron chi connectivity index (χ4n) is 1.52. The molecule has 0 fully saturated rings. The first-order chi connectivity index (χ1) is 7.65. The van der Waals surface area contributed by atoms with E-state index in [1.807, 2.05) is 20.2 Å². The Kier molecular flexibility index (Phi) is 2.85. The summed E-state index contributed by atoms with van der Waals surface area (Å²) in [6, 6.07) is 1.46. The SMILES string of the molecule is Cc1nn(C)cc1NCc1cncc(F)c1. The summed E-state index contributed by atoms with van der Waals surface area (Å²) < 4.78 is 14.6. The Morgan fingerprint density at radius 3 is 2.88 bits per heavy atom. The van der Waals surface area contributed by atoms with Crippen molar-refractivity contribution in [3.8, 4) is 0 Å². The van der Waals surface area contributed by atoms with Gasteiger partial charge >= 0.3 is 0 Å². The Morgan fingerprint density at radius 2 is 2.25 bits per heavy atom. The Labute approximate surface area is 93.1 Å². The Morgan fingerprint density at radius 1 is 1.44 bits per heavy atom. The Hall–Kier alpha value is -1.91. The number of rotatable bonds is 3. The van der Waals surface area contributed by atoms with Crippen LogP contribution in [0.15, 0.2) is 24.7 Å². The number of halogens is 1. The predicted molar refractivity (Wildman–Crippen MR) is 59.5 cm³/mol. The lowest BCUT2D eigenvalue weighted by atomic mass is 10.2. The second-order valence-electron chi connectivity index (χ2n) is 3.67. The molecule has 5 heteroatoms. The summed E-state index contributed by atoms with van der Waals surface area (Å²) in [5.74, 6) is -0.317. The lowest BCUT2D eigenvalue weighted by Gasteiger charge is -2.04. The van der Waals surface area contributed by atoms with E-state index in [0.717, 1.165) is 16.9 Å². The van der Waals surface area contributed by atoms with Crippen LogP contribution in [0.25, 0.3) is 0 Å². The molecule has 0 bridgehead atoms. The van der Waals surface area contributed by atoms with Crippen LogP contribution in [0.3, 0.4) is 0 Å². The number of pyridine rings is 1. The van der Waals surface area contributed by atoms with Gasteiger partial charge in [0.15, 0.2) is 0 Å². The molecule has 0 aliphatic rings. The molecule has 2 rings (SSSR count). The topological polar surface area (TPSA) is 42.7 Å². The summed E-state index contributed by atoms with van der Waals surface area (Å²) in [5.41, 5.74) is 2.68. The minimum Gasteiger partial charge on any atom is -0.378 e. The molecule has 0 atom stereocenters. The maximum Gasteiger partial charge on any atom is 0.141 e. The predicted octanol–water partition coefficient (Wildman–Crippen LogP) is 1.87. The highest BCUT2D eigenvalue weighted by atomic mass is 19.1. The van der Waals surface area contributed by atoms with Crippen molar-refractivity contribution in [2.24, 2.45) is 7.05 Å². The average molecular weight is 220 g/mol. The summed E-state index contributed by atoms with van der Waals surface area (Å²) in [4.78, 5) is 3.79. The molecular weight excluding hydrogens is 207 g/mol. The van der Waals surface area contributed by atoms with Gasteiger partial charge < -0.3 is 5.32 Å². The first kappa shape index (κ1) is 10.6. The highest BCUT2D eigenvalue weighted by Gasteiger charge is 2.02. The third-order valence-corrected chi connectivity index (χ3v) is 2.26. The molecule has 84 valence electrons. The monoisotopic (exact) mass is 220 g/mol. The molecule has 0 spiro atoms. The molecule has 0 saturated carbocycles. The number of anilines is 1. The smallest absolute Gasteiger partial charge is 0.141 e. The van der Waals surface area contributed by atoms with Gasteiger partial charge in [-0.15, -0.1) is 0 Å². The van der Waals surface area contributed by atoms with Crippen LogP contribution in [-0.2, 0) is 13.6 Å². The van der Waals surface area contributed by atoms with E-state index in [4.69, 9.17) is 0 Å². The van der Waals surface area contributed by atoms with Crippen molar-refractivity contribution >= 4 is 5.69 Å². The molecule has 2 heterocycles. The van der Waals surface area contributed by atoms with Crippen LogP contribution in [0.2, 0.25) is 0 Å². The summed E-state index contributed by atoms with van der Waals surface area (Å²) in [7, 11) is 1.86. The molecule has 0 unspecified atom stereocenters. The molecule has 2 aromatic rings. The van der Waals surface area contributed by atoms with Crippen molar-refractivity contribution in [1.29, 1.82) is 0 Å². The highest BCUT2D eigenvalue weighted by molar-refractivity contribution is 5.45. The quantitative estimate of drug-likeness (QED) is 0.858. The summed E-state index contributed by atoms with van der Waals surface area (Å²) in [6.07, 6.45) is 4.72. The zero-order valence-electron chi connectivity index (χ0n) is 9.24. The zero-order chi connectivity index (χ0) is 11.5. The van der Waals surface area contributed by atoms with Crippen molar-refractivity contribution in [3.05, 3.63) is 41.7 Å². The van der Waals surface area contributed by atoms with E-state index in [1.54, 1.807) is 10.9 Å². The minimum atomic E-state index is -0.317. The molecule has 0 saturated heterocycles. The van der Waals surface area contributed by atoms with Crippen LogP contribution in [0.5, 0.6) is 0 Å². The van der Waals surface area contributed by atoms with Gasteiger partial charge in [0.05, 0.1) is 17.6 Å². The number of nitrogens with zero attached hydrogens (tertiary/aromatic N) is 3. The average Bonchev–Trinajstić information content (AvgIpc) is 2.54. The van der Waals surface area contributed by atoms with Crippen LogP contribution in [0.4, 0.5) is 10.1 Å². The molecule has 0 radical (unpaired) electrons. The number of aromatic nitrogens is 3. The van der Waals surface area contributed by atoms with E-state index >= 15 is 0 Å². The zero-order valence-corrected chi connectivity index (χ0v) is 9.24. The normalized spacial score (nSPS) is 10.4. The largest absolute Gasteiger partial charge is 0.378 e. The minimum absolute atomic E-state index is 0.317. The summed E-state index contributed by atoms with van der Waals surface area (Å²) in [6.45, 7) is 2.46. The first-order valence-corrected chi connectivity index (χ1v) is 4.98. The van der Waals surface area contributed by atoms with Crippen molar-refractivity contribution in [3.63, 3.8) is 0 Å². The van der Waals surface area contributed by atoms with E-state index < -0.39 is 0 Å². The van der Waals surface area contributed by atoms with Crippen molar-refractivity contribution in [2.45, 2.75) is 13.5 Å². The highest BCUT2D eigenvalue weighted by Crippen LogP contribution is 2.13. The third-order valence-electron chi connectivity index (χ3n) is 2.26. The van der Waals surface area contributed by atoms with Crippen molar-refractivity contribution in [2.75, 3.05) is 5.32 Å². The summed E-state index contributed by atoms with van der Waals surface area (Å²) in [5, 5.41) is 7.39. The van der Waals surface area contributed by atoms with Gasteiger partial charge in [-0.2, -0.15) is 5.10 Å². The second kappa shape index (κ2) is 4.30. The van der Waals surface area contributed by atoms with E-state index in [-0.39, 0.29) is 5.82 Å². The molecule has 0 aliphatic carbocycles. The van der Waals surface area contributed by atoms with Crippen LogP contribution < -0.4 is 5.32 Å². The van der Waals surface area contributed by atoms with Gasteiger partial charge in [-0.1, -0.05) is 0 Å². The van der Waals surface area contributed by atoms with Gasteiger partial charge in [0.25, 0.3) is 0 Å². The molecule has 4 nitrogen and oxygen atoms in total. The van der Waals surface area contributed by atoms with Crippen LogP contribution in [-0.4, -0.2) is 14.8 Å². The van der Waals surface area contributed by atoms with E-state index in [9.17, 15) is 4.39 Å². The Bertz CT molecular complexity index is 492. The van der Waals surface area contributed by atoms with Crippen LogP contribution in [0.1, 0.15) is 11.3 Å². The lowest BCUT2D eigenvalue weighted by Crippen LogP contribution is -2.00. The van der Waals surface area contributed by atoms with Crippen LogP contribution in [0, 0.1) is 12.7 Å². The second-order valence-corrected chi connectivity index (χ2v) is 3.67. The number of hydrogen-bond donors (Lipinski definition) is 1. The van der Waals surface area contributed by atoms with Crippen molar-refractivity contribution < 1.29 is 4.39 Å². The van der Waals surface area contributed by atoms with Gasteiger partial charge in [0.2, 0.25) is 0 Å². The number of nitrogens with one attached hydrogen (secondary N) is 1. The van der Waals surface area contributed by atoms with Gasteiger partial charge in [-0.05, 0) is 18.6 Å². The summed E-state index contributed by atoms with van der Waals surface area (Å²) >= 11 is 0. The van der Waals surface area contributed by atoms with E-state index in [1.165, 1.54) is 12.3 Å². The molecule has 0 aliphatic heterocycles. The van der Waals surface area contributed by atoms with Gasteiger partial charge in [-0.25, -0.2) is 4.39 Å². The maximum absolute atomic E-state index is 12.9. The Balaban J connectivity index is 2.05. The third kappa shape index (κ3) is 2.36. The molecule has 0 amide bonds.